The molecule has 0 spiro atoms. The third kappa shape index (κ3) is 3.74. The Kier molecular flexibility index (Phi) is 5.20. The lowest BCUT2D eigenvalue weighted by molar-refractivity contribution is 0.354. The van der Waals surface area contributed by atoms with E-state index in [4.69, 9.17) is 15.2 Å². The van der Waals surface area contributed by atoms with Gasteiger partial charge in [0, 0.05) is 6.04 Å². The molecule has 2 N–H and O–H groups in total. The molecular formula is C16H17BrFNO2. The van der Waals surface area contributed by atoms with E-state index in [1.54, 1.807) is 26.4 Å². The number of ether oxygens (including phenoxy) is 2. The van der Waals surface area contributed by atoms with Gasteiger partial charge in [-0.3, -0.25) is 0 Å². The highest BCUT2D eigenvalue weighted by Gasteiger charge is 2.12. The number of rotatable bonds is 5. The molecular weight excluding hydrogens is 337 g/mol. The van der Waals surface area contributed by atoms with Crippen LogP contribution in [0.2, 0.25) is 0 Å². The molecule has 0 aliphatic heterocycles. The van der Waals surface area contributed by atoms with E-state index in [1.165, 1.54) is 6.07 Å². The fourth-order valence-electron chi connectivity index (χ4n) is 2.12. The molecule has 0 bridgehead atoms. The van der Waals surface area contributed by atoms with Crippen molar-refractivity contribution in [2.24, 2.45) is 5.73 Å². The molecule has 0 saturated carbocycles. The lowest BCUT2D eigenvalue weighted by Gasteiger charge is -2.15. The molecule has 3 nitrogen and oxygen atoms in total. The number of hydrogen-bond acceptors (Lipinski definition) is 3. The van der Waals surface area contributed by atoms with Gasteiger partial charge < -0.3 is 15.2 Å². The Balaban J connectivity index is 2.19. The maximum atomic E-state index is 13.2. The van der Waals surface area contributed by atoms with E-state index in [0.29, 0.717) is 22.4 Å². The molecule has 1 unspecified atom stereocenters. The van der Waals surface area contributed by atoms with Gasteiger partial charge in [-0.2, -0.15) is 0 Å². The smallest absolute Gasteiger partial charge is 0.161 e. The number of methoxy groups -OCH3 is 2. The van der Waals surface area contributed by atoms with Crippen LogP contribution < -0.4 is 15.2 Å². The lowest BCUT2D eigenvalue weighted by Crippen LogP contribution is -2.13. The van der Waals surface area contributed by atoms with Crippen molar-refractivity contribution >= 4 is 15.9 Å². The summed E-state index contributed by atoms with van der Waals surface area (Å²) in [6.45, 7) is 0. The molecule has 5 heteroatoms. The van der Waals surface area contributed by atoms with Crippen molar-refractivity contribution in [3.63, 3.8) is 0 Å². The highest BCUT2D eigenvalue weighted by atomic mass is 79.9. The number of halogens is 2. The van der Waals surface area contributed by atoms with Crippen LogP contribution in [0.4, 0.5) is 4.39 Å². The van der Waals surface area contributed by atoms with Crippen LogP contribution in [0.25, 0.3) is 0 Å². The average molecular weight is 354 g/mol. The molecule has 0 aliphatic rings. The molecule has 0 aliphatic carbocycles. The Labute approximate surface area is 132 Å². The van der Waals surface area contributed by atoms with Crippen LogP contribution in [-0.2, 0) is 6.42 Å². The SMILES string of the molecule is COc1ccc(C(N)Cc2ccc(F)c(Br)c2)cc1OC. The van der Waals surface area contributed by atoms with E-state index < -0.39 is 0 Å². The van der Waals surface area contributed by atoms with Gasteiger partial charge in [-0.25, -0.2) is 4.39 Å². The van der Waals surface area contributed by atoms with Crippen LogP contribution in [0.5, 0.6) is 11.5 Å². The van der Waals surface area contributed by atoms with Crippen molar-refractivity contribution in [1.29, 1.82) is 0 Å². The summed E-state index contributed by atoms with van der Waals surface area (Å²) in [5, 5.41) is 0. The molecule has 112 valence electrons. The van der Waals surface area contributed by atoms with Gasteiger partial charge in [0.2, 0.25) is 0 Å². The van der Waals surface area contributed by atoms with Gasteiger partial charge in [-0.05, 0) is 57.7 Å². The Morgan fingerprint density at radius 3 is 2.43 bits per heavy atom. The number of hydrogen-bond donors (Lipinski definition) is 1. The van der Waals surface area contributed by atoms with E-state index in [9.17, 15) is 4.39 Å². The summed E-state index contributed by atoms with van der Waals surface area (Å²) in [6, 6.07) is 10.3. The van der Waals surface area contributed by atoms with Crippen molar-refractivity contribution in [1.82, 2.24) is 0 Å². The Bertz CT molecular complexity index is 634. The zero-order chi connectivity index (χ0) is 15.4. The third-order valence-electron chi connectivity index (χ3n) is 3.28. The predicted octanol–water partition coefficient (Wildman–Crippen LogP) is 3.85. The summed E-state index contributed by atoms with van der Waals surface area (Å²) in [7, 11) is 3.18. The monoisotopic (exact) mass is 353 g/mol. The quantitative estimate of drug-likeness (QED) is 0.887. The molecule has 21 heavy (non-hydrogen) atoms. The second kappa shape index (κ2) is 6.91. The van der Waals surface area contributed by atoms with Crippen molar-refractivity contribution < 1.29 is 13.9 Å². The van der Waals surface area contributed by atoms with Crippen LogP contribution in [-0.4, -0.2) is 14.2 Å². The van der Waals surface area contributed by atoms with E-state index in [0.717, 1.165) is 11.1 Å². The fraction of sp³-hybridized carbons (Fsp3) is 0.250. The Hall–Kier alpha value is -1.59. The van der Waals surface area contributed by atoms with Crippen LogP contribution in [0, 0.1) is 5.82 Å². The van der Waals surface area contributed by atoms with Crippen LogP contribution in [0.15, 0.2) is 40.9 Å². The summed E-state index contributed by atoms with van der Waals surface area (Å²) in [5.41, 5.74) is 8.13. The fourth-order valence-corrected chi connectivity index (χ4v) is 2.55. The topological polar surface area (TPSA) is 44.5 Å². The van der Waals surface area contributed by atoms with Gasteiger partial charge in [0.1, 0.15) is 5.82 Å². The summed E-state index contributed by atoms with van der Waals surface area (Å²) >= 11 is 3.18. The van der Waals surface area contributed by atoms with Gasteiger partial charge >= 0.3 is 0 Å². The van der Waals surface area contributed by atoms with Crippen molar-refractivity contribution in [3.05, 3.63) is 57.8 Å². The second-order valence-corrected chi connectivity index (χ2v) is 5.53. The first-order valence-corrected chi connectivity index (χ1v) is 7.26. The molecule has 0 fully saturated rings. The average Bonchev–Trinajstić information content (AvgIpc) is 2.50. The van der Waals surface area contributed by atoms with E-state index in [-0.39, 0.29) is 11.9 Å². The zero-order valence-corrected chi connectivity index (χ0v) is 13.5. The summed E-state index contributed by atoms with van der Waals surface area (Å²) in [4.78, 5) is 0. The Morgan fingerprint density at radius 2 is 1.81 bits per heavy atom. The van der Waals surface area contributed by atoms with Gasteiger partial charge in [0.15, 0.2) is 11.5 Å². The molecule has 2 aromatic rings. The van der Waals surface area contributed by atoms with Crippen molar-refractivity contribution in [2.45, 2.75) is 12.5 Å². The summed E-state index contributed by atoms with van der Waals surface area (Å²) < 4.78 is 24.2. The molecule has 0 saturated heterocycles. The van der Waals surface area contributed by atoms with E-state index in [1.807, 2.05) is 18.2 Å². The predicted molar refractivity (Wildman–Crippen MR) is 84.3 cm³/mol. The normalized spacial score (nSPS) is 12.0. The molecule has 0 radical (unpaired) electrons. The van der Waals surface area contributed by atoms with Crippen LogP contribution in [0.1, 0.15) is 17.2 Å². The number of benzene rings is 2. The Morgan fingerprint density at radius 1 is 1.10 bits per heavy atom. The first-order chi connectivity index (χ1) is 10.0. The minimum atomic E-state index is -0.279. The van der Waals surface area contributed by atoms with Crippen molar-refractivity contribution in [3.8, 4) is 11.5 Å². The third-order valence-corrected chi connectivity index (χ3v) is 3.88. The summed E-state index contributed by atoms with van der Waals surface area (Å²) in [6.07, 6.45) is 0.606. The van der Waals surface area contributed by atoms with Gasteiger partial charge in [-0.15, -0.1) is 0 Å². The second-order valence-electron chi connectivity index (χ2n) is 4.67. The largest absolute Gasteiger partial charge is 0.493 e. The lowest BCUT2D eigenvalue weighted by atomic mass is 9.99. The first kappa shape index (κ1) is 15.8. The highest BCUT2D eigenvalue weighted by molar-refractivity contribution is 9.10. The number of nitrogens with two attached hydrogens (primary N) is 1. The van der Waals surface area contributed by atoms with Crippen LogP contribution >= 0.6 is 15.9 Å². The molecule has 0 aromatic heterocycles. The molecule has 0 amide bonds. The van der Waals surface area contributed by atoms with Gasteiger partial charge in [0.25, 0.3) is 0 Å². The highest BCUT2D eigenvalue weighted by Crippen LogP contribution is 2.30. The minimum Gasteiger partial charge on any atom is -0.493 e. The van der Waals surface area contributed by atoms with Gasteiger partial charge in [-0.1, -0.05) is 12.1 Å². The van der Waals surface area contributed by atoms with Gasteiger partial charge in [0.05, 0.1) is 18.7 Å². The summed E-state index contributed by atoms with van der Waals surface area (Å²) in [5.74, 6) is 1.03. The van der Waals surface area contributed by atoms with E-state index >= 15 is 0 Å². The molecule has 1 atom stereocenters. The van der Waals surface area contributed by atoms with E-state index in [2.05, 4.69) is 15.9 Å². The molecule has 2 aromatic carbocycles. The molecule has 2 rings (SSSR count). The van der Waals surface area contributed by atoms with Crippen LogP contribution in [0.3, 0.4) is 0 Å². The first-order valence-electron chi connectivity index (χ1n) is 6.46. The molecule has 0 heterocycles. The van der Waals surface area contributed by atoms with Crippen molar-refractivity contribution in [2.75, 3.05) is 14.2 Å². The standard InChI is InChI=1S/C16H17BrFNO2/c1-20-15-6-4-11(9-16(15)21-2)14(19)8-10-3-5-13(18)12(17)7-10/h3-7,9,14H,8,19H2,1-2H3. The zero-order valence-electron chi connectivity index (χ0n) is 11.9. The maximum absolute atomic E-state index is 13.2. The minimum absolute atomic E-state index is 0.206. The maximum Gasteiger partial charge on any atom is 0.161 e.